The number of hydrazine groups is 1. The summed E-state index contributed by atoms with van der Waals surface area (Å²) in [5.41, 5.74) is 2.44. The van der Waals surface area contributed by atoms with Crippen molar-refractivity contribution < 1.29 is 9.47 Å². The number of nitrogens with one attached hydrogen (secondary N) is 1. The van der Waals surface area contributed by atoms with Gasteiger partial charge in [0.05, 0.1) is 13.2 Å². The van der Waals surface area contributed by atoms with Crippen molar-refractivity contribution in [2.75, 3.05) is 12.5 Å². The van der Waals surface area contributed by atoms with E-state index in [4.69, 9.17) is 15.3 Å². The third-order valence-corrected chi connectivity index (χ3v) is 2.12. The Morgan fingerprint density at radius 1 is 1.50 bits per heavy atom. The lowest BCUT2D eigenvalue weighted by molar-refractivity contribution is 0.192. The van der Waals surface area contributed by atoms with Gasteiger partial charge in [0, 0.05) is 0 Å². The van der Waals surface area contributed by atoms with Crippen molar-refractivity contribution >= 4 is 5.82 Å². The van der Waals surface area contributed by atoms with Crippen LogP contribution in [0.25, 0.3) is 0 Å². The van der Waals surface area contributed by atoms with Crippen LogP contribution in [-0.2, 0) is 0 Å². The summed E-state index contributed by atoms with van der Waals surface area (Å²) in [6.07, 6.45) is 3.47. The summed E-state index contributed by atoms with van der Waals surface area (Å²) in [4.78, 5) is 7.96. The van der Waals surface area contributed by atoms with Crippen LogP contribution in [0.15, 0.2) is 6.33 Å². The van der Waals surface area contributed by atoms with Crippen molar-refractivity contribution in [3.63, 3.8) is 0 Å². The zero-order valence-corrected chi connectivity index (χ0v) is 9.86. The second kappa shape index (κ2) is 6.12. The van der Waals surface area contributed by atoms with E-state index in [0.717, 1.165) is 12.8 Å². The normalized spacial score (nSPS) is 12.0. The van der Waals surface area contributed by atoms with Gasteiger partial charge in [-0.2, -0.15) is 4.98 Å². The molecule has 1 unspecified atom stereocenters. The highest BCUT2D eigenvalue weighted by Gasteiger charge is 2.14. The second-order valence-corrected chi connectivity index (χ2v) is 3.42. The van der Waals surface area contributed by atoms with E-state index in [2.05, 4.69) is 22.3 Å². The molecule has 0 saturated carbocycles. The molecule has 16 heavy (non-hydrogen) atoms. The Bertz CT molecular complexity index is 333. The van der Waals surface area contributed by atoms with Gasteiger partial charge in [0.1, 0.15) is 6.33 Å². The second-order valence-electron chi connectivity index (χ2n) is 3.42. The van der Waals surface area contributed by atoms with E-state index in [1.165, 1.54) is 13.4 Å². The maximum atomic E-state index is 5.65. The lowest BCUT2D eigenvalue weighted by Crippen LogP contribution is -2.15. The van der Waals surface area contributed by atoms with Crippen LogP contribution in [0.3, 0.4) is 0 Å². The summed E-state index contributed by atoms with van der Waals surface area (Å²) in [5.74, 6) is 6.55. The predicted octanol–water partition coefficient (Wildman–Crippen LogP) is 1.34. The monoisotopic (exact) mass is 226 g/mol. The van der Waals surface area contributed by atoms with Crippen LogP contribution in [0.1, 0.15) is 26.7 Å². The van der Waals surface area contributed by atoms with Crippen molar-refractivity contribution in [1.29, 1.82) is 0 Å². The Morgan fingerprint density at radius 2 is 2.25 bits per heavy atom. The Hall–Kier alpha value is -1.56. The van der Waals surface area contributed by atoms with Gasteiger partial charge >= 0.3 is 0 Å². The minimum absolute atomic E-state index is 0.0828. The molecule has 1 aromatic rings. The number of methoxy groups -OCH3 is 1. The summed E-state index contributed by atoms with van der Waals surface area (Å²) >= 11 is 0. The van der Waals surface area contributed by atoms with E-state index >= 15 is 0 Å². The molecule has 90 valence electrons. The van der Waals surface area contributed by atoms with E-state index in [1.807, 2.05) is 6.92 Å². The minimum Gasteiger partial charge on any atom is -0.489 e. The number of nitrogen functional groups attached to an aromatic ring is 1. The summed E-state index contributed by atoms with van der Waals surface area (Å²) in [7, 11) is 1.52. The zero-order chi connectivity index (χ0) is 12.0. The Kier molecular flexibility index (Phi) is 4.78. The molecule has 0 spiro atoms. The van der Waals surface area contributed by atoms with E-state index in [9.17, 15) is 0 Å². The molecule has 1 atom stereocenters. The first kappa shape index (κ1) is 12.5. The molecule has 0 amide bonds. The topological polar surface area (TPSA) is 82.3 Å². The first-order valence-electron chi connectivity index (χ1n) is 5.25. The molecule has 1 rings (SSSR count). The van der Waals surface area contributed by atoms with E-state index in [0.29, 0.717) is 17.4 Å². The predicted molar refractivity (Wildman–Crippen MR) is 61.4 cm³/mol. The quantitative estimate of drug-likeness (QED) is 0.562. The van der Waals surface area contributed by atoms with Crippen LogP contribution in [0, 0.1) is 0 Å². The number of nitrogens with zero attached hydrogens (tertiary/aromatic N) is 2. The number of hydrogen-bond donors (Lipinski definition) is 2. The molecule has 0 aromatic carbocycles. The number of aromatic nitrogens is 2. The van der Waals surface area contributed by atoms with Crippen LogP contribution < -0.4 is 20.7 Å². The van der Waals surface area contributed by atoms with Crippen LogP contribution >= 0.6 is 0 Å². The maximum Gasteiger partial charge on any atom is 0.262 e. The SMILES string of the molecule is CCCC(C)Oc1ncnc(NN)c1OC. The molecular weight excluding hydrogens is 208 g/mol. The van der Waals surface area contributed by atoms with Crippen LogP contribution in [0.5, 0.6) is 11.6 Å². The van der Waals surface area contributed by atoms with E-state index in [1.54, 1.807) is 0 Å². The molecule has 6 heteroatoms. The molecule has 6 nitrogen and oxygen atoms in total. The van der Waals surface area contributed by atoms with Gasteiger partial charge in [0.25, 0.3) is 5.88 Å². The highest BCUT2D eigenvalue weighted by Crippen LogP contribution is 2.31. The maximum absolute atomic E-state index is 5.65. The lowest BCUT2D eigenvalue weighted by Gasteiger charge is -2.16. The van der Waals surface area contributed by atoms with Crippen LogP contribution in [-0.4, -0.2) is 23.2 Å². The van der Waals surface area contributed by atoms with Gasteiger partial charge in [0.15, 0.2) is 5.82 Å². The molecule has 0 aliphatic heterocycles. The Labute approximate surface area is 95.1 Å². The summed E-state index contributed by atoms with van der Waals surface area (Å²) < 4.78 is 10.8. The number of nitrogens with two attached hydrogens (primary N) is 1. The Morgan fingerprint density at radius 3 is 2.81 bits per heavy atom. The van der Waals surface area contributed by atoms with Crippen molar-refractivity contribution in [2.45, 2.75) is 32.8 Å². The van der Waals surface area contributed by atoms with Crippen LogP contribution in [0.4, 0.5) is 5.82 Å². The molecule has 0 bridgehead atoms. The molecule has 0 aliphatic rings. The fourth-order valence-corrected chi connectivity index (χ4v) is 1.38. The van der Waals surface area contributed by atoms with Gasteiger partial charge in [-0.25, -0.2) is 10.8 Å². The van der Waals surface area contributed by atoms with Crippen molar-refractivity contribution in [3.8, 4) is 11.6 Å². The minimum atomic E-state index is 0.0828. The van der Waals surface area contributed by atoms with E-state index in [-0.39, 0.29) is 6.10 Å². The van der Waals surface area contributed by atoms with Gasteiger partial charge in [-0.05, 0) is 13.3 Å². The first-order chi connectivity index (χ1) is 7.72. The highest BCUT2D eigenvalue weighted by molar-refractivity contribution is 5.54. The summed E-state index contributed by atoms with van der Waals surface area (Å²) in [6.45, 7) is 4.09. The molecule has 1 aromatic heterocycles. The third kappa shape index (κ3) is 2.96. The fraction of sp³-hybridized carbons (Fsp3) is 0.600. The number of anilines is 1. The van der Waals surface area contributed by atoms with Crippen molar-refractivity contribution in [3.05, 3.63) is 6.33 Å². The van der Waals surface area contributed by atoms with E-state index < -0.39 is 0 Å². The average Bonchev–Trinajstić information content (AvgIpc) is 2.29. The molecule has 0 fully saturated rings. The lowest BCUT2D eigenvalue weighted by atomic mass is 10.2. The van der Waals surface area contributed by atoms with Crippen molar-refractivity contribution in [1.82, 2.24) is 9.97 Å². The van der Waals surface area contributed by atoms with Gasteiger partial charge in [0.2, 0.25) is 5.75 Å². The molecule has 0 radical (unpaired) electrons. The largest absolute Gasteiger partial charge is 0.489 e. The third-order valence-electron chi connectivity index (χ3n) is 2.12. The van der Waals surface area contributed by atoms with Gasteiger partial charge < -0.3 is 14.9 Å². The Balaban J connectivity index is 2.86. The smallest absolute Gasteiger partial charge is 0.262 e. The highest BCUT2D eigenvalue weighted by atomic mass is 16.5. The van der Waals surface area contributed by atoms with Crippen molar-refractivity contribution in [2.24, 2.45) is 5.84 Å². The fourth-order valence-electron chi connectivity index (χ4n) is 1.38. The zero-order valence-electron chi connectivity index (χ0n) is 9.86. The van der Waals surface area contributed by atoms with Gasteiger partial charge in [-0.3, -0.25) is 0 Å². The van der Waals surface area contributed by atoms with Gasteiger partial charge in [-0.15, -0.1) is 0 Å². The first-order valence-corrected chi connectivity index (χ1v) is 5.25. The molecule has 0 aliphatic carbocycles. The molecule has 0 saturated heterocycles. The molecular formula is C10H18N4O2. The summed E-state index contributed by atoms with van der Waals surface area (Å²) in [5, 5.41) is 0. The number of rotatable bonds is 6. The number of ether oxygens (including phenoxy) is 2. The molecule has 3 N–H and O–H groups in total. The summed E-state index contributed by atoms with van der Waals surface area (Å²) in [6, 6.07) is 0. The number of hydrogen-bond acceptors (Lipinski definition) is 6. The van der Waals surface area contributed by atoms with Gasteiger partial charge in [-0.1, -0.05) is 13.3 Å². The standard InChI is InChI=1S/C10H18N4O2/c1-4-5-7(2)16-10-8(15-3)9(14-11)12-6-13-10/h6-7H,4-5,11H2,1-3H3,(H,12,13,14). The molecule has 1 heterocycles. The van der Waals surface area contributed by atoms with Crippen LogP contribution in [0.2, 0.25) is 0 Å². The average molecular weight is 226 g/mol.